The number of nitrogen functional groups attached to an aromatic ring is 1. The van der Waals surface area contributed by atoms with E-state index in [0.717, 1.165) is 30.7 Å². The number of carbonyl (C=O) groups excluding carboxylic acids is 1. The topological polar surface area (TPSA) is 77.3 Å². The summed E-state index contributed by atoms with van der Waals surface area (Å²) in [5.74, 6) is 2.57. The molecule has 2 atom stereocenters. The normalized spacial score (nSPS) is 20.7. The fourth-order valence-corrected chi connectivity index (χ4v) is 5.64. The van der Waals surface area contributed by atoms with E-state index in [9.17, 15) is 4.79 Å². The van der Waals surface area contributed by atoms with Gasteiger partial charge in [-0.2, -0.15) is 0 Å². The summed E-state index contributed by atoms with van der Waals surface area (Å²) in [7, 11) is 3.81. The number of amides is 1. The highest BCUT2D eigenvalue weighted by molar-refractivity contribution is 6.06. The maximum atomic E-state index is 13.5. The smallest absolute Gasteiger partial charge is 0.258 e. The molecule has 200 valence electrons. The van der Waals surface area contributed by atoms with Gasteiger partial charge in [-0.05, 0) is 99.8 Å². The van der Waals surface area contributed by atoms with Crippen molar-refractivity contribution in [1.82, 2.24) is 4.90 Å². The van der Waals surface area contributed by atoms with Crippen molar-refractivity contribution >= 4 is 17.3 Å². The van der Waals surface area contributed by atoms with Crippen molar-refractivity contribution in [3.05, 3.63) is 72.3 Å². The van der Waals surface area contributed by atoms with Gasteiger partial charge in [0.05, 0.1) is 7.11 Å². The lowest BCUT2D eigenvalue weighted by Gasteiger charge is -2.36. The van der Waals surface area contributed by atoms with Crippen LogP contribution in [0.1, 0.15) is 49.4 Å². The SMILES string of the molecule is CCCN(C(=O)c1ccc(OC2CC3CCC(C2)N3C)cc1)c1ccc(Oc2ccc(N)cc2OC)cc1. The minimum absolute atomic E-state index is 0.0374. The van der Waals surface area contributed by atoms with Gasteiger partial charge in [-0.1, -0.05) is 6.92 Å². The van der Waals surface area contributed by atoms with Gasteiger partial charge in [-0.25, -0.2) is 0 Å². The van der Waals surface area contributed by atoms with Gasteiger partial charge in [-0.15, -0.1) is 0 Å². The third kappa shape index (κ3) is 5.58. The highest BCUT2D eigenvalue weighted by Gasteiger charge is 2.39. The summed E-state index contributed by atoms with van der Waals surface area (Å²) in [5.41, 5.74) is 7.90. The molecule has 0 radical (unpaired) electrons. The molecular formula is C31H37N3O4. The van der Waals surface area contributed by atoms with Crippen molar-refractivity contribution in [3.63, 3.8) is 0 Å². The number of anilines is 2. The predicted molar refractivity (Wildman–Crippen MR) is 151 cm³/mol. The average molecular weight is 516 g/mol. The Morgan fingerprint density at radius 3 is 2.24 bits per heavy atom. The minimum atomic E-state index is -0.0374. The second kappa shape index (κ2) is 11.4. The number of rotatable bonds is 9. The van der Waals surface area contributed by atoms with Crippen molar-refractivity contribution in [2.45, 2.75) is 57.2 Å². The summed E-state index contributed by atoms with van der Waals surface area (Å²) < 4.78 is 17.7. The molecule has 2 N–H and O–H groups in total. The molecule has 7 nitrogen and oxygen atoms in total. The van der Waals surface area contributed by atoms with Gasteiger partial charge in [0.2, 0.25) is 0 Å². The lowest BCUT2D eigenvalue weighted by Crippen LogP contribution is -2.43. The van der Waals surface area contributed by atoms with E-state index in [2.05, 4.69) is 18.9 Å². The standard InChI is InChI=1S/C31H37N3O4/c1-4-17-34(23-10-14-27(15-11-23)38-29-16-7-22(32)18-30(29)36-3)31(35)21-5-12-26(13-6-21)37-28-19-24-8-9-25(20-28)33(24)2/h5-7,10-16,18,24-25,28H,4,8-9,17,19-20,32H2,1-3H3. The van der Waals surface area contributed by atoms with Crippen LogP contribution in [0.25, 0.3) is 0 Å². The lowest BCUT2D eigenvalue weighted by molar-refractivity contribution is 0.0661. The molecule has 1 amide bonds. The highest BCUT2D eigenvalue weighted by Crippen LogP contribution is 2.36. The Balaban J connectivity index is 1.25. The van der Waals surface area contributed by atoms with Gasteiger partial charge >= 0.3 is 0 Å². The summed E-state index contributed by atoms with van der Waals surface area (Å²) in [6, 6.07) is 21.6. The predicted octanol–water partition coefficient (Wildman–Crippen LogP) is 6.13. The maximum absolute atomic E-state index is 13.5. The average Bonchev–Trinajstić information content (AvgIpc) is 3.13. The zero-order valence-corrected chi connectivity index (χ0v) is 22.4. The fraction of sp³-hybridized carbons (Fsp3) is 0.387. The number of methoxy groups -OCH3 is 1. The molecule has 2 aliphatic rings. The van der Waals surface area contributed by atoms with Crippen molar-refractivity contribution < 1.29 is 19.0 Å². The molecule has 2 aliphatic heterocycles. The molecule has 7 heteroatoms. The van der Waals surface area contributed by atoms with Gasteiger partial charge in [-0.3, -0.25) is 4.79 Å². The van der Waals surface area contributed by atoms with Gasteiger partial charge in [0.1, 0.15) is 17.6 Å². The number of nitrogens with zero attached hydrogens (tertiary/aromatic N) is 2. The van der Waals surface area contributed by atoms with Crippen LogP contribution < -0.4 is 24.8 Å². The Bertz CT molecular complexity index is 1230. The molecule has 3 aromatic carbocycles. The molecular weight excluding hydrogens is 478 g/mol. The number of ether oxygens (including phenoxy) is 3. The fourth-order valence-electron chi connectivity index (χ4n) is 5.64. The van der Waals surface area contributed by atoms with Crippen molar-refractivity contribution in [2.24, 2.45) is 0 Å². The van der Waals surface area contributed by atoms with E-state index in [-0.39, 0.29) is 12.0 Å². The monoisotopic (exact) mass is 515 g/mol. The van der Waals surface area contributed by atoms with E-state index in [4.69, 9.17) is 19.9 Å². The largest absolute Gasteiger partial charge is 0.493 e. The lowest BCUT2D eigenvalue weighted by atomic mass is 10.0. The molecule has 2 unspecified atom stereocenters. The summed E-state index contributed by atoms with van der Waals surface area (Å²) in [5, 5.41) is 0. The molecule has 2 saturated heterocycles. The van der Waals surface area contributed by atoms with Crippen LogP contribution in [0.15, 0.2) is 66.7 Å². The van der Waals surface area contributed by atoms with Crippen LogP contribution in [0.3, 0.4) is 0 Å². The zero-order valence-electron chi connectivity index (χ0n) is 22.4. The molecule has 0 aromatic heterocycles. The van der Waals surface area contributed by atoms with Gasteiger partial charge in [0.25, 0.3) is 5.91 Å². The number of piperidine rings is 1. The summed E-state index contributed by atoms with van der Waals surface area (Å²) in [6.07, 6.45) is 5.77. The Morgan fingerprint density at radius 2 is 1.61 bits per heavy atom. The van der Waals surface area contributed by atoms with Crippen LogP contribution in [-0.2, 0) is 0 Å². The number of nitrogens with two attached hydrogens (primary N) is 1. The van der Waals surface area contributed by atoms with Gasteiger partial charge in [0.15, 0.2) is 11.5 Å². The first-order valence-corrected chi connectivity index (χ1v) is 13.5. The quantitative estimate of drug-likeness (QED) is 0.346. The number of fused-ring (bicyclic) bond motifs is 2. The first-order valence-electron chi connectivity index (χ1n) is 13.5. The Hall–Kier alpha value is -3.71. The van der Waals surface area contributed by atoms with Crippen LogP contribution in [0.2, 0.25) is 0 Å². The van der Waals surface area contributed by atoms with Crippen LogP contribution >= 0.6 is 0 Å². The third-order valence-corrected chi connectivity index (χ3v) is 7.72. The van der Waals surface area contributed by atoms with Gasteiger partial charge in [0, 0.05) is 41.6 Å². The Labute approximate surface area is 225 Å². The molecule has 2 heterocycles. The molecule has 2 fully saturated rings. The zero-order chi connectivity index (χ0) is 26.6. The second-order valence-corrected chi connectivity index (χ2v) is 10.2. The van der Waals surface area contributed by atoms with E-state index >= 15 is 0 Å². The van der Waals surface area contributed by atoms with E-state index in [1.54, 1.807) is 30.2 Å². The Kier molecular flexibility index (Phi) is 7.74. The molecule has 2 bridgehead atoms. The molecule has 5 rings (SSSR count). The van der Waals surface area contributed by atoms with Gasteiger partial charge < -0.3 is 29.7 Å². The molecule has 0 aliphatic carbocycles. The highest BCUT2D eigenvalue weighted by atomic mass is 16.5. The molecule has 0 spiro atoms. The second-order valence-electron chi connectivity index (χ2n) is 10.2. The molecule has 38 heavy (non-hydrogen) atoms. The third-order valence-electron chi connectivity index (χ3n) is 7.72. The van der Waals surface area contributed by atoms with Crippen LogP contribution in [-0.4, -0.2) is 49.7 Å². The maximum Gasteiger partial charge on any atom is 0.258 e. The van der Waals surface area contributed by atoms with E-state index < -0.39 is 0 Å². The number of hydrogen-bond donors (Lipinski definition) is 1. The summed E-state index contributed by atoms with van der Waals surface area (Å²) >= 11 is 0. The van der Waals surface area contributed by atoms with Crippen molar-refractivity contribution in [3.8, 4) is 23.0 Å². The summed E-state index contributed by atoms with van der Waals surface area (Å²) in [6.45, 7) is 2.68. The Morgan fingerprint density at radius 1 is 0.947 bits per heavy atom. The molecule has 0 saturated carbocycles. The molecule has 3 aromatic rings. The van der Waals surface area contributed by atoms with E-state index in [0.29, 0.717) is 47.1 Å². The minimum Gasteiger partial charge on any atom is -0.493 e. The number of benzene rings is 3. The van der Waals surface area contributed by atoms with Crippen molar-refractivity contribution in [2.75, 3.05) is 31.3 Å². The van der Waals surface area contributed by atoms with Crippen LogP contribution in [0, 0.1) is 0 Å². The summed E-state index contributed by atoms with van der Waals surface area (Å²) in [4.78, 5) is 17.8. The van der Waals surface area contributed by atoms with Crippen LogP contribution in [0.5, 0.6) is 23.0 Å². The number of hydrogen-bond acceptors (Lipinski definition) is 6. The first kappa shape index (κ1) is 25.9. The van der Waals surface area contributed by atoms with E-state index in [1.165, 1.54) is 12.8 Å². The van der Waals surface area contributed by atoms with Crippen molar-refractivity contribution in [1.29, 1.82) is 0 Å². The first-order chi connectivity index (χ1) is 18.4. The van der Waals surface area contributed by atoms with Crippen LogP contribution in [0.4, 0.5) is 11.4 Å². The number of carbonyl (C=O) groups is 1. The van der Waals surface area contributed by atoms with E-state index in [1.807, 2.05) is 48.5 Å².